The Morgan fingerprint density at radius 1 is 1.59 bits per heavy atom. The van der Waals surface area contributed by atoms with Crippen molar-refractivity contribution in [2.75, 3.05) is 11.4 Å². The van der Waals surface area contributed by atoms with Crippen LogP contribution in [0.3, 0.4) is 0 Å². The second-order valence-electron chi connectivity index (χ2n) is 4.36. The molecule has 1 saturated heterocycles. The van der Waals surface area contributed by atoms with Gasteiger partial charge in [-0.15, -0.1) is 0 Å². The Labute approximate surface area is 101 Å². The number of nitrogens with two attached hydrogens (primary N) is 1. The van der Waals surface area contributed by atoms with Crippen molar-refractivity contribution in [2.24, 2.45) is 5.73 Å². The lowest BCUT2D eigenvalue weighted by Gasteiger charge is -2.24. The summed E-state index contributed by atoms with van der Waals surface area (Å²) in [5, 5.41) is 8.88. The van der Waals surface area contributed by atoms with Gasteiger partial charge in [0.1, 0.15) is 6.04 Å². The fraction of sp³-hybridized carbons (Fsp3) is 0.385. The molecule has 1 fully saturated rings. The summed E-state index contributed by atoms with van der Waals surface area (Å²) >= 11 is 0. The first-order chi connectivity index (χ1) is 8.13. The summed E-state index contributed by atoms with van der Waals surface area (Å²) in [6.07, 6.45) is 1.79. The first-order valence-electron chi connectivity index (χ1n) is 5.70. The Morgan fingerprint density at radius 2 is 2.35 bits per heavy atom. The van der Waals surface area contributed by atoms with Gasteiger partial charge in [-0.25, -0.2) is 0 Å². The molecule has 88 valence electrons. The van der Waals surface area contributed by atoms with Crippen LogP contribution in [-0.4, -0.2) is 18.5 Å². The van der Waals surface area contributed by atoms with E-state index in [1.165, 1.54) is 0 Å². The third-order valence-electron chi connectivity index (χ3n) is 3.24. The van der Waals surface area contributed by atoms with E-state index in [4.69, 9.17) is 11.0 Å². The number of nitriles is 1. The number of rotatable bonds is 2. The summed E-state index contributed by atoms with van der Waals surface area (Å²) < 4.78 is 0. The Bertz CT molecular complexity index is 490. The summed E-state index contributed by atoms with van der Waals surface area (Å²) in [6.45, 7) is 2.75. The van der Waals surface area contributed by atoms with Crippen LogP contribution < -0.4 is 10.6 Å². The Balaban J connectivity index is 2.31. The summed E-state index contributed by atoms with van der Waals surface area (Å²) in [5.74, 6) is -0.274. The van der Waals surface area contributed by atoms with Crippen molar-refractivity contribution in [3.8, 4) is 6.07 Å². The zero-order chi connectivity index (χ0) is 12.4. The van der Waals surface area contributed by atoms with Crippen molar-refractivity contribution in [2.45, 2.75) is 25.8 Å². The van der Waals surface area contributed by atoms with Crippen molar-refractivity contribution in [1.29, 1.82) is 5.26 Å². The molecule has 4 nitrogen and oxygen atoms in total. The number of nitrogens with zero attached hydrogens (tertiary/aromatic N) is 2. The van der Waals surface area contributed by atoms with Crippen LogP contribution in [0.2, 0.25) is 0 Å². The number of amides is 1. The highest BCUT2D eigenvalue weighted by Crippen LogP contribution is 2.27. The molecule has 1 aromatic carbocycles. The quantitative estimate of drug-likeness (QED) is 0.831. The number of benzene rings is 1. The van der Waals surface area contributed by atoms with Crippen molar-refractivity contribution in [3.63, 3.8) is 0 Å². The maximum Gasteiger partial charge on any atom is 0.240 e. The van der Waals surface area contributed by atoms with Gasteiger partial charge in [0, 0.05) is 12.2 Å². The highest BCUT2D eigenvalue weighted by atomic mass is 16.1. The van der Waals surface area contributed by atoms with Crippen LogP contribution >= 0.6 is 0 Å². The van der Waals surface area contributed by atoms with Crippen LogP contribution in [0.15, 0.2) is 18.2 Å². The number of hydrogen-bond acceptors (Lipinski definition) is 3. The number of anilines is 1. The second kappa shape index (κ2) is 4.46. The molecule has 1 unspecified atom stereocenters. The molecule has 2 rings (SSSR count). The van der Waals surface area contributed by atoms with Gasteiger partial charge < -0.3 is 10.6 Å². The minimum atomic E-state index is -0.274. The molecule has 1 aromatic rings. The average molecular weight is 229 g/mol. The van der Waals surface area contributed by atoms with E-state index in [9.17, 15) is 4.79 Å². The molecule has 0 aromatic heterocycles. The zero-order valence-electron chi connectivity index (χ0n) is 9.81. The number of aryl methyl sites for hydroxylation is 1. The molecule has 1 aliphatic rings. The maximum atomic E-state index is 11.3. The minimum absolute atomic E-state index is 0.206. The van der Waals surface area contributed by atoms with Crippen molar-refractivity contribution < 1.29 is 4.79 Å². The fourth-order valence-corrected chi connectivity index (χ4v) is 2.32. The standard InChI is InChI=1S/C13H15N3O/c1-9-7-11(5-4-10(9)8-14)16-6-2-3-12(16)13(15)17/h4-5,7,12H,2-3,6H2,1H3,(H2,15,17). The van der Waals surface area contributed by atoms with Gasteiger partial charge in [0.05, 0.1) is 11.6 Å². The van der Waals surface area contributed by atoms with E-state index in [2.05, 4.69) is 6.07 Å². The van der Waals surface area contributed by atoms with E-state index < -0.39 is 0 Å². The molecule has 0 spiro atoms. The molecular weight excluding hydrogens is 214 g/mol. The van der Waals surface area contributed by atoms with E-state index >= 15 is 0 Å². The molecule has 0 bridgehead atoms. The largest absolute Gasteiger partial charge is 0.368 e. The normalized spacial score (nSPS) is 19.1. The molecule has 1 amide bonds. The minimum Gasteiger partial charge on any atom is -0.368 e. The highest BCUT2D eigenvalue weighted by molar-refractivity contribution is 5.84. The van der Waals surface area contributed by atoms with Crippen LogP contribution in [0.5, 0.6) is 0 Å². The lowest BCUT2D eigenvalue weighted by molar-refractivity contribution is -0.119. The molecule has 17 heavy (non-hydrogen) atoms. The molecule has 0 radical (unpaired) electrons. The number of primary amides is 1. The molecule has 1 atom stereocenters. The van der Waals surface area contributed by atoms with Crippen LogP contribution in [-0.2, 0) is 4.79 Å². The number of hydrogen-bond donors (Lipinski definition) is 1. The third kappa shape index (κ3) is 2.09. The van der Waals surface area contributed by atoms with Crippen molar-refractivity contribution >= 4 is 11.6 Å². The van der Waals surface area contributed by atoms with Gasteiger partial charge >= 0.3 is 0 Å². The van der Waals surface area contributed by atoms with Gasteiger partial charge in [0.15, 0.2) is 0 Å². The number of carbonyl (C=O) groups excluding carboxylic acids is 1. The number of carbonyl (C=O) groups is 1. The molecule has 4 heteroatoms. The smallest absolute Gasteiger partial charge is 0.240 e. The van der Waals surface area contributed by atoms with Gasteiger partial charge in [-0.2, -0.15) is 5.26 Å². The van der Waals surface area contributed by atoms with Gasteiger partial charge in [0.2, 0.25) is 5.91 Å². The SMILES string of the molecule is Cc1cc(N2CCCC2C(N)=O)ccc1C#N. The highest BCUT2D eigenvalue weighted by Gasteiger charge is 2.29. The van der Waals surface area contributed by atoms with Gasteiger partial charge in [-0.1, -0.05) is 0 Å². The van der Waals surface area contributed by atoms with E-state index in [-0.39, 0.29) is 11.9 Å². The Hall–Kier alpha value is -2.02. The van der Waals surface area contributed by atoms with E-state index in [0.717, 1.165) is 30.6 Å². The van der Waals surface area contributed by atoms with E-state index in [1.54, 1.807) is 6.07 Å². The molecule has 2 N–H and O–H groups in total. The maximum absolute atomic E-state index is 11.3. The zero-order valence-corrected chi connectivity index (χ0v) is 9.81. The van der Waals surface area contributed by atoms with E-state index in [0.29, 0.717) is 5.56 Å². The summed E-state index contributed by atoms with van der Waals surface area (Å²) in [5.41, 5.74) is 7.96. The molecule has 1 heterocycles. The van der Waals surface area contributed by atoms with Gasteiger partial charge in [0.25, 0.3) is 0 Å². The topological polar surface area (TPSA) is 70.1 Å². The predicted molar refractivity (Wildman–Crippen MR) is 65.5 cm³/mol. The Morgan fingerprint density at radius 3 is 2.94 bits per heavy atom. The molecular formula is C13H15N3O. The Kier molecular flexibility index (Phi) is 3.01. The first kappa shape index (κ1) is 11.5. The molecule has 0 aliphatic carbocycles. The van der Waals surface area contributed by atoms with Crippen LogP contribution in [0.1, 0.15) is 24.0 Å². The fourth-order valence-electron chi connectivity index (χ4n) is 2.32. The van der Waals surface area contributed by atoms with E-state index in [1.807, 2.05) is 24.0 Å². The molecule has 1 aliphatic heterocycles. The first-order valence-corrected chi connectivity index (χ1v) is 5.70. The van der Waals surface area contributed by atoms with Crippen molar-refractivity contribution in [1.82, 2.24) is 0 Å². The van der Waals surface area contributed by atoms with Gasteiger partial charge in [-0.3, -0.25) is 4.79 Å². The predicted octanol–water partition coefficient (Wildman–Crippen LogP) is 1.32. The van der Waals surface area contributed by atoms with Crippen LogP contribution in [0, 0.1) is 18.3 Å². The lowest BCUT2D eigenvalue weighted by atomic mass is 10.1. The third-order valence-corrected chi connectivity index (χ3v) is 3.24. The lowest BCUT2D eigenvalue weighted by Crippen LogP contribution is -2.40. The second-order valence-corrected chi connectivity index (χ2v) is 4.36. The molecule has 0 saturated carbocycles. The average Bonchev–Trinajstić information content (AvgIpc) is 2.77. The summed E-state index contributed by atoms with van der Waals surface area (Å²) in [6, 6.07) is 7.55. The van der Waals surface area contributed by atoms with Crippen LogP contribution in [0.25, 0.3) is 0 Å². The summed E-state index contributed by atoms with van der Waals surface area (Å²) in [4.78, 5) is 13.3. The van der Waals surface area contributed by atoms with Crippen LogP contribution in [0.4, 0.5) is 5.69 Å². The van der Waals surface area contributed by atoms with Gasteiger partial charge in [-0.05, 0) is 43.5 Å². The van der Waals surface area contributed by atoms with Crippen molar-refractivity contribution in [3.05, 3.63) is 29.3 Å². The monoisotopic (exact) mass is 229 g/mol. The summed E-state index contributed by atoms with van der Waals surface area (Å²) in [7, 11) is 0.